The van der Waals surface area contributed by atoms with Crippen molar-refractivity contribution in [3.8, 4) is 5.75 Å². The lowest BCUT2D eigenvalue weighted by Crippen LogP contribution is -2.28. The van der Waals surface area contributed by atoms with Gasteiger partial charge in [-0.1, -0.05) is 5.16 Å². The summed E-state index contributed by atoms with van der Waals surface area (Å²) in [5, 5.41) is 4.08. The molecule has 0 N–H and O–H groups in total. The summed E-state index contributed by atoms with van der Waals surface area (Å²) in [7, 11) is 1.62. The van der Waals surface area contributed by atoms with E-state index in [9.17, 15) is 4.79 Å². The molecule has 1 unspecified atom stereocenters. The van der Waals surface area contributed by atoms with E-state index in [1.165, 1.54) is 0 Å². The fraction of sp³-hybridized carbons (Fsp3) is 0.500. The molecule has 0 spiro atoms. The molecule has 6 nitrogen and oxygen atoms in total. The summed E-state index contributed by atoms with van der Waals surface area (Å²) in [6, 6.07) is 7.27. The van der Waals surface area contributed by atoms with Crippen LogP contribution in [-0.4, -0.2) is 41.1 Å². The Hall–Kier alpha value is -2.37. The van der Waals surface area contributed by atoms with Crippen LogP contribution in [0.5, 0.6) is 5.75 Å². The van der Waals surface area contributed by atoms with Gasteiger partial charge in [0.05, 0.1) is 7.11 Å². The van der Waals surface area contributed by atoms with Gasteiger partial charge in [0.1, 0.15) is 5.75 Å². The number of amides is 1. The van der Waals surface area contributed by atoms with E-state index in [1.54, 1.807) is 7.11 Å². The standard InChI is InChI=1S/C18H21N3O3/c1-23-15-6-4-14(5-7-15)18(22)21-9-8-12(11-21)10-16-19-17(24-20-16)13-2-3-13/h4-7,12-13H,2-3,8-11H2,1H3. The number of nitrogens with zero attached hydrogens (tertiary/aromatic N) is 3. The molecule has 2 aromatic rings. The first kappa shape index (κ1) is 15.2. The third-order valence-electron chi connectivity index (χ3n) is 4.79. The first-order valence-corrected chi connectivity index (χ1v) is 8.48. The zero-order valence-corrected chi connectivity index (χ0v) is 13.8. The zero-order chi connectivity index (χ0) is 16.5. The summed E-state index contributed by atoms with van der Waals surface area (Å²) in [4.78, 5) is 19.0. The van der Waals surface area contributed by atoms with E-state index in [2.05, 4.69) is 10.1 Å². The van der Waals surface area contributed by atoms with E-state index >= 15 is 0 Å². The lowest BCUT2D eigenvalue weighted by atomic mass is 10.0. The van der Waals surface area contributed by atoms with Crippen molar-refractivity contribution in [1.29, 1.82) is 0 Å². The van der Waals surface area contributed by atoms with Gasteiger partial charge in [-0.3, -0.25) is 4.79 Å². The second kappa shape index (κ2) is 6.26. The molecule has 126 valence electrons. The summed E-state index contributed by atoms with van der Waals surface area (Å²) < 4.78 is 10.4. The fourth-order valence-corrected chi connectivity index (χ4v) is 3.20. The molecule has 1 saturated heterocycles. The predicted molar refractivity (Wildman–Crippen MR) is 87.0 cm³/mol. The van der Waals surface area contributed by atoms with Crippen molar-refractivity contribution in [3.05, 3.63) is 41.5 Å². The first-order chi connectivity index (χ1) is 11.7. The van der Waals surface area contributed by atoms with Crippen LogP contribution in [-0.2, 0) is 6.42 Å². The highest BCUT2D eigenvalue weighted by molar-refractivity contribution is 5.94. The predicted octanol–water partition coefficient (Wildman–Crippen LogP) is 2.66. The molecular formula is C18H21N3O3. The Morgan fingerprint density at radius 2 is 2.08 bits per heavy atom. The molecule has 2 heterocycles. The van der Waals surface area contributed by atoms with E-state index in [-0.39, 0.29) is 5.91 Å². The highest BCUT2D eigenvalue weighted by Crippen LogP contribution is 2.39. The summed E-state index contributed by atoms with van der Waals surface area (Å²) in [6.45, 7) is 1.53. The van der Waals surface area contributed by atoms with Crippen molar-refractivity contribution in [2.45, 2.75) is 31.6 Å². The van der Waals surface area contributed by atoms with Gasteiger partial charge in [0.2, 0.25) is 5.89 Å². The van der Waals surface area contributed by atoms with Gasteiger partial charge in [-0.05, 0) is 49.4 Å². The Labute approximate surface area is 140 Å². The van der Waals surface area contributed by atoms with Crippen LogP contribution in [0.2, 0.25) is 0 Å². The van der Waals surface area contributed by atoms with Crippen molar-refractivity contribution >= 4 is 5.91 Å². The summed E-state index contributed by atoms with van der Waals surface area (Å²) in [6.07, 6.45) is 4.09. The van der Waals surface area contributed by atoms with E-state index in [1.807, 2.05) is 29.2 Å². The zero-order valence-electron chi connectivity index (χ0n) is 13.8. The third kappa shape index (κ3) is 3.13. The molecule has 24 heavy (non-hydrogen) atoms. The number of carbonyl (C=O) groups is 1. The number of likely N-dealkylation sites (tertiary alicyclic amines) is 1. The van der Waals surface area contributed by atoms with Gasteiger partial charge >= 0.3 is 0 Å². The fourth-order valence-electron chi connectivity index (χ4n) is 3.20. The Balaban J connectivity index is 1.35. The van der Waals surface area contributed by atoms with E-state index in [0.29, 0.717) is 17.4 Å². The van der Waals surface area contributed by atoms with Crippen LogP contribution in [0, 0.1) is 5.92 Å². The molecule has 1 aliphatic heterocycles. The van der Waals surface area contributed by atoms with E-state index < -0.39 is 0 Å². The largest absolute Gasteiger partial charge is 0.497 e. The van der Waals surface area contributed by atoms with Crippen molar-refractivity contribution < 1.29 is 14.1 Å². The van der Waals surface area contributed by atoms with Crippen molar-refractivity contribution in [2.24, 2.45) is 5.92 Å². The van der Waals surface area contributed by atoms with Gasteiger partial charge in [-0.2, -0.15) is 4.98 Å². The van der Waals surface area contributed by atoms with Crippen LogP contribution < -0.4 is 4.74 Å². The van der Waals surface area contributed by atoms with Gasteiger partial charge in [-0.15, -0.1) is 0 Å². The highest BCUT2D eigenvalue weighted by Gasteiger charge is 2.31. The van der Waals surface area contributed by atoms with Crippen LogP contribution in [0.15, 0.2) is 28.8 Å². The SMILES string of the molecule is COc1ccc(C(=O)N2CCC(Cc3noc(C4CC4)n3)C2)cc1. The van der Waals surface area contributed by atoms with Crippen molar-refractivity contribution in [2.75, 3.05) is 20.2 Å². The molecule has 0 bridgehead atoms. The molecule has 4 rings (SSSR count). The normalized spacial score (nSPS) is 20.4. The molecule has 1 atom stereocenters. The molecule has 2 aliphatic rings. The maximum atomic E-state index is 12.6. The van der Waals surface area contributed by atoms with Crippen LogP contribution in [0.3, 0.4) is 0 Å². The summed E-state index contributed by atoms with van der Waals surface area (Å²) >= 11 is 0. The molecule has 1 aliphatic carbocycles. The monoisotopic (exact) mass is 327 g/mol. The second-order valence-corrected chi connectivity index (χ2v) is 6.66. The minimum Gasteiger partial charge on any atom is -0.497 e. The van der Waals surface area contributed by atoms with Crippen molar-refractivity contribution in [1.82, 2.24) is 15.0 Å². The molecule has 2 fully saturated rings. The van der Waals surface area contributed by atoms with Gasteiger partial charge in [0.25, 0.3) is 5.91 Å². The number of methoxy groups -OCH3 is 1. The topological polar surface area (TPSA) is 68.5 Å². The lowest BCUT2D eigenvalue weighted by molar-refractivity contribution is 0.0787. The van der Waals surface area contributed by atoms with Crippen molar-refractivity contribution in [3.63, 3.8) is 0 Å². The number of aromatic nitrogens is 2. The Bertz CT molecular complexity index is 721. The third-order valence-corrected chi connectivity index (χ3v) is 4.79. The first-order valence-electron chi connectivity index (χ1n) is 8.48. The molecule has 0 radical (unpaired) electrons. The Morgan fingerprint density at radius 3 is 2.79 bits per heavy atom. The summed E-state index contributed by atoms with van der Waals surface area (Å²) in [5.41, 5.74) is 0.701. The molecule has 1 amide bonds. The average Bonchev–Trinajstić information content (AvgIpc) is 3.19. The van der Waals surface area contributed by atoms with Crippen LogP contribution in [0.4, 0.5) is 0 Å². The maximum Gasteiger partial charge on any atom is 0.253 e. The number of ether oxygens (including phenoxy) is 1. The van der Waals surface area contributed by atoms with Gasteiger partial charge in [0, 0.05) is 31.0 Å². The number of rotatable bonds is 5. The smallest absolute Gasteiger partial charge is 0.253 e. The summed E-state index contributed by atoms with van der Waals surface area (Å²) in [5.74, 6) is 3.29. The minimum absolute atomic E-state index is 0.0759. The maximum absolute atomic E-state index is 12.6. The second-order valence-electron chi connectivity index (χ2n) is 6.66. The Morgan fingerprint density at radius 1 is 1.29 bits per heavy atom. The van der Waals surface area contributed by atoms with Crippen LogP contribution >= 0.6 is 0 Å². The van der Waals surface area contributed by atoms with Crippen LogP contribution in [0.25, 0.3) is 0 Å². The van der Waals surface area contributed by atoms with Gasteiger partial charge < -0.3 is 14.2 Å². The lowest BCUT2D eigenvalue weighted by Gasteiger charge is -2.16. The average molecular weight is 327 g/mol. The molecule has 1 aromatic carbocycles. The molecular weight excluding hydrogens is 306 g/mol. The number of hydrogen-bond donors (Lipinski definition) is 0. The minimum atomic E-state index is 0.0759. The molecule has 1 saturated carbocycles. The highest BCUT2D eigenvalue weighted by atomic mass is 16.5. The quantitative estimate of drug-likeness (QED) is 0.844. The molecule has 6 heteroatoms. The number of benzene rings is 1. The van der Waals surface area contributed by atoms with Crippen LogP contribution in [0.1, 0.15) is 47.3 Å². The molecule has 1 aromatic heterocycles. The van der Waals surface area contributed by atoms with Gasteiger partial charge in [-0.25, -0.2) is 0 Å². The number of carbonyl (C=O) groups excluding carboxylic acids is 1. The Kier molecular flexibility index (Phi) is 3.96. The number of hydrogen-bond acceptors (Lipinski definition) is 5. The van der Waals surface area contributed by atoms with E-state index in [4.69, 9.17) is 9.26 Å². The van der Waals surface area contributed by atoms with E-state index in [0.717, 1.165) is 56.2 Å². The van der Waals surface area contributed by atoms with Gasteiger partial charge in [0.15, 0.2) is 5.82 Å².